The Morgan fingerprint density at radius 2 is 1.80 bits per heavy atom. The minimum Gasteiger partial charge on any atom is -0.270 e. The van der Waals surface area contributed by atoms with E-state index in [-0.39, 0.29) is 10.6 Å². The number of aryl methyl sites for hydroxylation is 2. The normalized spacial score (nSPS) is 16.7. The number of pyridine rings is 1. The number of sulfonamides is 2. The summed E-state index contributed by atoms with van der Waals surface area (Å²) in [6, 6.07) is 7.06. The fraction of sp³-hybridized carbons (Fsp3) is 0.476. The van der Waals surface area contributed by atoms with Gasteiger partial charge in [-0.2, -0.15) is 4.31 Å². The topological polar surface area (TPSA) is 87.7 Å². The molecule has 0 N–H and O–H groups in total. The van der Waals surface area contributed by atoms with Gasteiger partial charge in [0.2, 0.25) is 20.0 Å². The van der Waals surface area contributed by atoms with E-state index < -0.39 is 20.0 Å². The lowest BCUT2D eigenvalue weighted by Crippen LogP contribution is -2.38. The van der Waals surface area contributed by atoms with Crippen molar-refractivity contribution in [3.63, 3.8) is 0 Å². The van der Waals surface area contributed by atoms with Crippen LogP contribution in [0.1, 0.15) is 36.5 Å². The molecule has 0 unspecified atom stereocenters. The first-order valence-corrected chi connectivity index (χ1v) is 13.2. The fourth-order valence-electron chi connectivity index (χ4n) is 3.77. The van der Waals surface area contributed by atoms with E-state index in [1.54, 1.807) is 38.4 Å². The third-order valence-electron chi connectivity index (χ3n) is 5.48. The number of hydrogen-bond donors (Lipinski definition) is 0. The Bertz CT molecular complexity index is 1100. The molecule has 7 nitrogen and oxygen atoms in total. The minimum absolute atomic E-state index is 0.129. The Kier molecular flexibility index (Phi) is 6.84. The lowest BCUT2D eigenvalue weighted by Gasteiger charge is -2.30. The maximum Gasteiger partial charge on any atom is 0.243 e. The molecule has 1 aromatic heterocycles. The molecule has 0 radical (unpaired) electrons. The number of aromatic nitrogens is 1. The molecule has 9 heteroatoms. The average molecular weight is 452 g/mol. The summed E-state index contributed by atoms with van der Waals surface area (Å²) in [4.78, 5) is 4.22. The summed E-state index contributed by atoms with van der Waals surface area (Å²) in [5.74, 6) is 0.129. The molecule has 1 aliphatic heterocycles. The zero-order valence-corrected chi connectivity index (χ0v) is 19.3. The van der Waals surface area contributed by atoms with Crippen LogP contribution in [0.2, 0.25) is 0 Å². The molecule has 3 rings (SSSR count). The van der Waals surface area contributed by atoms with Gasteiger partial charge in [-0.1, -0.05) is 6.92 Å². The maximum absolute atomic E-state index is 13.4. The van der Waals surface area contributed by atoms with Crippen LogP contribution in [0.5, 0.6) is 0 Å². The first-order valence-electron chi connectivity index (χ1n) is 10.2. The highest BCUT2D eigenvalue weighted by atomic mass is 32.2. The zero-order valence-electron chi connectivity index (χ0n) is 17.7. The van der Waals surface area contributed by atoms with Gasteiger partial charge in [0.1, 0.15) is 0 Å². The van der Waals surface area contributed by atoms with E-state index >= 15 is 0 Å². The average Bonchev–Trinajstić information content (AvgIpc) is 2.70. The predicted molar refractivity (Wildman–Crippen MR) is 119 cm³/mol. The second-order valence-corrected chi connectivity index (χ2v) is 11.5. The number of hydrogen-bond acceptors (Lipinski definition) is 5. The molecule has 2 heterocycles. The van der Waals surface area contributed by atoms with Crippen LogP contribution >= 0.6 is 0 Å². The molecule has 0 spiro atoms. The van der Waals surface area contributed by atoms with Crippen molar-refractivity contribution in [2.24, 2.45) is 0 Å². The first-order chi connectivity index (χ1) is 14.2. The van der Waals surface area contributed by atoms with Crippen molar-refractivity contribution in [2.75, 3.05) is 29.7 Å². The summed E-state index contributed by atoms with van der Waals surface area (Å²) in [6.07, 6.45) is 5.45. The summed E-state index contributed by atoms with van der Waals surface area (Å²) >= 11 is 0. The number of rotatable bonds is 7. The van der Waals surface area contributed by atoms with Crippen LogP contribution < -0.4 is 4.31 Å². The van der Waals surface area contributed by atoms with Crippen molar-refractivity contribution >= 4 is 25.7 Å². The second kappa shape index (κ2) is 9.03. The fourth-order valence-corrected chi connectivity index (χ4v) is 7.21. The van der Waals surface area contributed by atoms with Crippen molar-refractivity contribution in [2.45, 2.75) is 44.9 Å². The Balaban J connectivity index is 1.90. The molecule has 1 aromatic carbocycles. The zero-order chi connectivity index (χ0) is 21.9. The molecular formula is C21H29N3O4S2. The monoisotopic (exact) mass is 451 g/mol. The van der Waals surface area contributed by atoms with Crippen LogP contribution in [-0.2, 0) is 26.5 Å². The highest BCUT2D eigenvalue weighted by molar-refractivity contribution is 7.92. The molecule has 1 fully saturated rings. The molecule has 30 heavy (non-hydrogen) atoms. The van der Waals surface area contributed by atoms with Crippen LogP contribution in [0.3, 0.4) is 0 Å². The van der Waals surface area contributed by atoms with E-state index in [9.17, 15) is 16.8 Å². The molecule has 0 bridgehead atoms. The Hall–Kier alpha value is -1.97. The van der Waals surface area contributed by atoms with Gasteiger partial charge in [0, 0.05) is 32.0 Å². The summed E-state index contributed by atoms with van der Waals surface area (Å²) in [5.41, 5.74) is 2.80. The van der Waals surface area contributed by atoms with Gasteiger partial charge in [-0.15, -0.1) is 0 Å². The third-order valence-corrected chi connectivity index (χ3v) is 9.45. The van der Waals surface area contributed by atoms with Gasteiger partial charge >= 0.3 is 0 Å². The van der Waals surface area contributed by atoms with E-state index in [0.29, 0.717) is 49.3 Å². The molecule has 2 aromatic rings. The second-order valence-electron chi connectivity index (χ2n) is 7.60. The largest absolute Gasteiger partial charge is 0.270 e. The number of benzene rings is 1. The quantitative estimate of drug-likeness (QED) is 0.646. The molecule has 0 amide bonds. The number of nitrogens with zero attached hydrogens (tertiary/aromatic N) is 3. The Labute approximate surface area is 179 Å². The van der Waals surface area contributed by atoms with E-state index in [2.05, 4.69) is 4.98 Å². The minimum atomic E-state index is -3.70. The Morgan fingerprint density at radius 1 is 1.10 bits per heavy atom. The third kappa shape index (κ3) is 4.68. The number of anilines is 1. The predicted octanol–water partition coefficient (Wildman–Crippen LogP) is 2.88. The van der Waals surface area contributed by atoms with E-state index in [4.69, 9.17) is 0 Å². The van der Waals surface area contributed by atoms with E-state index in [1.807, 2.05) is 19.1 Å². The van der Waals surface area contributed by atoms with Crippen LogP contribution in [0.15, 0.2) is 41.6 Å². The molecule has 164 valence electrons. The van der Waals surface area contributed by atoms with Gasteiger partial charge in [-0.3, -0.25) is 9.29 Å². The van der Waals surface area contributed by atoms with Crippen molar-refractivity contribution in [3.8, 4) is 0 Å². The molecular weight excluding hydrogens is 422 g/mol. The lowest BCUT2D eigenvalue weighted by molar-refractivity contribution is 0.430. The van der Waals surface area contributed by atoms with Gasteiger partial charge in [0.05, 0.1) is 16.3 Å². The van der Waals surface area contributed by atoms with Gasteiger partial charge in [0.25, 0.3) is 0 Å². The van der Waals surface area contributed by atoms with Crippen LogP contribution in [-0.4, -0.2) is 51.5 Å². The van der Waals surface area contributed by atoms with Gasteiger partial charge in [0.15, 0.2) is 0 Å². The summed E-state index contributed by atoms with van der Waals surface area (Å²) in [5, 5.41) is 0. The molecule has 0 saturated carbocycles. The van der Waals surface area contributed by atoms with Crippen molar-refractivity contribution < 1.29 is 16.8 Å². The molecule has 0 atom stereocenters. The first kappa shape index (κ1) is 22.7. The number of likely N-dealkylation sites (N-methyl/N-ethyl adjacent to an activating group) is 1. The van der Waals surface area contributed by atoms with Crippen molar-refractivity contribution in [3.05, 3.63) is 53.3 Å². The van der Waals surface area contributed by atoms with E-state index in [0.717, 1.165) is 12.0 Å². The van der Waals surface area contributed by atoms with Gasteiger partial charge in [-0.25, -0.2) is 16.8 Å². The van der Waals surface area contributed by atoms with Crippen LogP contribution in [0.4, 0.5) is 5.69 Å². The highest BCUT2D eigenvalue weighted by Gasteiger charge is 2.30. The summed E-state index contributed by atoms with van der Waals surface area (Å²) in [7, 11) is -7.06. The summed E-state index contributed by atoms with van der Waals surface area (Å²) < 4.78 is 54.6. The highest BCUT2D eigenvalue weighted by Crippen LogP contribution is 2.32. The summed E-state index contributed by atoms with van der Waals surface area (Å²) in [6.45, 7) is 6.47. The molecule has 1 aliphatic rings. The van der Waals surface area contributed by atoms with Crippen molar-refractivity contribution in [1.29, 1.82) is 0 Å². The van der Waals surface area contributed by atoms with Crippen LogP contribution in [0.25, 0.3) is 0 Å². The smallest absolute Gasteiger partial charge is 0.243 e. The SMILES string of the molecule is CCN(CCc1ccncc1)S(=O)(=O)c1cc(C)c(N2CCCCS2(=O)=O)cc1C. The molecule has 0 aliphatic carbocycles. The lowest BCUT2D eigenvalue weighted by atomic mass is 10.1. The van der Waals surface area contributed by atoms with Gasteiger partial charge < -0.3 is 0 Å². The van der Waals surface area contributed by atoms with Crippen molar-refractivity contribution in [1.82, 2.24) is 9.29 Å². The van der Waals surface area contributed by atoms with Crippen LogP contribution in [0, 0.1) is 13.8 Å². The van der Waals surface area contributed by atoms with Gasteiger partial charge in [-0.05, 0) is 74.1 Å². The van der Waals surface area contributed by atoms with E-state index in [1.165, 1.54) is 8.61 Å². The maximum atomic E-state index is 13.4. The Morgan fingerprint density at radius 3 is 2.43 bits per heavy atom. The standard InChI is InChI=1S/C21H29N3O4S2/c1-4-23(13-9-19-7-10-22-11-8-19)30(27,28)21-16-17(2)20(15-18(21)3)24-12-5-6-14-29(24,25)26/h7-8,10-11,15-16H,4-6,9,12-14H2,1-3H3. The molecule has 1 saturated heterocycles.